The van der Waals surface area contributed by atoms with Crippen molar-refractivity contribution in [2.45, 2.75) is 38.3 Å². The molecule has 100 valence electrons. The van der Waals surface area contributed by atoms with Crippen LogP contribution in [0.4, 0.5) is 5.69 Å². The molecule has 0 saturated heterocycles. The number of anilines is 1. The van der Waals surface area contributed by atoms with E-state index in [0.29, 0.717) is 12.0 Å². The maximum Gasteiger partial charge on any atom is 0.0728 e. The first kappa shape index (κ1) is 12.5. The van der Waals surface area contributed by atoms with Crippen LogP contribution in [0.15, 0.2) is 36.7 Å². The first-order valence-corrected chi connectivity index (χ1v) is 7.17. The van der Waals surface area contributed by atoms with E-state index >= 15 is 0 Å². The molecule has 0 radical (unpaired) electrons. The highest BCUT2D eigenvalue weighted by Crippen LogP contribution is 2.38. The van der Waals surface area contributed by atoms with Crippen molar-refractivity contribution in [2.24, 2.45) is 0 Å². The Bertz CT molecular complexity index is 541. The lowest BCUT2D eigenvalue weighted by Crippen LogP contribution is -2.33. The van der Waals surface area contributed by atoms with E-state index < -0.39 is 0 Å². The normalized spacial score (nSPS) is 22.0. The molecule has 2 aromatic rings. The van der Waals surface area contributed by atoms with Crippen molar-refractivity contribution in [1.29, 1.82) is 0 Å². The van der Waals surface area contributed by atoms with Gasteiger partial charge in [0, 0.05) is 23.8 Å². The molecule has 1 heterocycles. The van der Waals surface area contributed by atoms with E-state index in [9.17, 15) is 0 Å². The van der Waals surface area contributed by atoms with Crippen LogP contribution in [0.2, 0.25) is 5.02 Å². The molecule has 1 aliphatic rings. The zero-order chi connectivity index (χ0) is 13.2. The molecule has 0 unspecified atom stereocenters. The van der Waals surface area contributed by atoms with Gasteiger partial charge < -0.3 is 5.32 Å². The molecular formula is C15H18ClN3. The van der Waals surface area contributed by atoms with Crippen molar-refractivity contribution in [2.75, 3.05) is 5.32 Å². The Morgan fingerprint density at radius 1 is 1.32 bits per heavy atom. The Morgan fingerprint density at radius 2 is 2.05 bits per heavy atom. The van der Waals surface area contributed by atoms with Gasteiger partial charge in [-0.3, -0.25) is 4.68 Å². The number of aromatic nitrogens is 2. The van der Waals surface area contributed by atoms with E-state index in [0.717, 1.165) is 17.3 Å². The van der Waals surface area contributed by atoms with Crippen molar-refractivity contribution in [3.63, 3.8) is 0 Å². The van der Waals surface area contributed by atoms with E-state index in [1.54, 1.807) is 0 Å². The fraction of sp³-hybridized carbons (Fsp3) is 0.400. The Balaban J connectivity index is 1.53. The molecule has 0 atom stereocenters. The summed E-state index contributed by atoms with van der Waals surface area (Å²) < 4.78 is 1.94. The molecule has 1 fully saturated rings. The SMILES string of the molecule is CCn1cc(NC2CC(c3ccc(Cl)cc3)C2)cn1. The van der Waals surface area contributed by atoms with Crippen LogP contribution >= 0.6 is 11.6 Å². The maximum atomic E-state index is 5.91. The minimum atomic E-state index is 0.565. The summed E-state index contributed by atoms with van der Waals surface area (Å²) in [6, 6.07) is 8.79. The number of halogens is 1. The largest absolute Gasteiger partial charge is 0.380 e. The molecule has 0 aliphatic heterocycles. The predicted molar refractivity (Wildman–Crippen MR) is 78.7 cm³/mol. The van der Waals surface area contributed by atoms with Gasteiger partial charge in [0.1, 0.15) is 0 Å². The highest BCUT2D eigenvalue weighted by molar-refractivity contribution is 6.30. The molecule has 1 N–H and O–H groups in total. The lowest BCUT2D eigenvalue weighted by molar-refractivity contribution is 0.374. The summed E-state index contributed by atoms with van der Waals surface area (Å²) in [4.78, 5) is 0. The summed E-state index contributed by atoms with van der Waals surface area (Å²) in [5.41, 5.74) is 2.52. The molecule has 1 aromatic carbocycles. The fourth-order valence-corrected chi connectivity index (χ4v) is 2.72. The Morgan fingerprint density at radius 3 is 2.68 bits per heavy atom. The average Bonchev–Trinajstić information content (AvgIpc) is 2.82. The standard InChI is InChI=1S/C15H18ClN3/c1-2-19-10-15(9-17-19)18-14-7-12(8-14)11-3-5-13(16)6-4-11/h3-6,9-10,12,14,18H,2,7-8H2,1H3. The van der Waals surface area contributed by atoms with Crippen molar-refractivity contribution in [3.8, 4) is 0 Å². The van der Waals surface area contributed by atoms with E-state index in [1.807, 2.05) is 23.0 Å². The summed E-state index contributed by atoms with van der Waals surface area (Å²) in [6.07, 6.45) is 6.33. The number of aryl methyl sites for hydroxylation is 1. The van der Waals surface area contributed by atoms with Crippen molar-refractivity contribution >= 4 is 17.3 Å². The fourth-order valence-electron chi connectivity index (χ4n) is 2.59. The third kappa shape index (κ3) is 2.76. The second-order valence-electron chi connectivity index (χ2n) is 5.15. The topological polar surface area (TPSA) is 29.9 Å². The number of nitrogens with one attached hydrogen (secondary N) is 1. The monoisotopic (exact) mass is 275 g/mol. The number of hydrogen-bond donors (Lipinski definition) is 1. The smallest absolute Gasteiger partial charge is 0.0728 e. The predicted octanol–water partition coefficient (Wildman–Crippen LogP) is 3.91. The molecule has 1 saturated carbocycles. The lowest BCUT2D eigenvalue weighted by atomic mass is 9.76. The summed E-state index contributed by atoms with van der Waals surface area (Å²) in [7, 11) is 0. The second-order valence-corrected chi connectivity index (χ2v) is 5.58. The van der Waals surface area contributed by atoms with Crippen molar-refractivity contribution < 1.29 is 0 Å². The third-order valence-corrected chi connectivity index (χ3v) is 4.06. The van der Waals surface area contributed by atoms with Crippen LogP contribution in [0.3, 0.4) is 0 Å². The van der Waals surface area contributed by atoms with Gasteiger partial charge in [0.15, 0.2) is 0 Å². The van der Waals surface area contributed by atoms with Crippen molar-refractivity contribution in [1.82, 2.24) is 9.78 Å². The Kier molecular flexibility index (Phi) is 3.47. The maximum absolute atomic E-state index is 5.91. The third-order valence-electron chi connectivity index (χ3n) is 3.81. The van der Waals surface area contributed by atoms with Gasteiger partial charge in [-0.25, -0.2) is 0 Å². The van der Waals surface area contributed by atoms with Crippen molar-refractivity contribution in [3.05, 3.63) is 47.2 Å². The molecule has 19 heavy (non-hydrogen) atoms. The first-order chi connectivity index (χ1) is 9.24. The van der Waals surface area contributed by atoms with Crippen LogP contribution in [0, 0.1) is 0 Å². The average molecular weight is 276 g/mol. The number of benzene rings is 1. The van der Waals surface area contributed by atoms with Crippen LogP contribution in [0.5, 0.6) is 0 Å². The van der Waals surface area contributed by atoms with Crippen LogP contribution in [0.1, 0.15) is 31.2 Å². The second kappa shape index (κ2) is 5.25. The Labute approximate surface area is 118 Å². The molecule has 0 spiro atoms. The van der Waals surface area contributed by atoms with Crippen LogP contribution in [0.25, 0.3) is 0 Å². The van der Waals surface area contributed by atoms with E-state index in [-0.39, 0.29) is 0 Å². The highest BCUT2D eigenvalue weighted by Gasteiger charge is 2.30. The molecule has 4 heteroatoms. The quantitative estimate of drug-likeness (QED) is 0.917. The van der Waals surface area contributed by atoms with Gasteiger partial charge in [0.2, 0.25) is 0 Å². The molecule has 0 amide bonds. The molecule has 0 bridgehead atoms. The van der Waals surface area contributed by atoms with Crippen LogP contribution < -0.4 is 5.32 Å². The highest BCUT2D eigenvalue weighted by atomic mass is 35.5. The molecular weight excluding hydrogens is 258 g/mol. The number of nitrogens with zero attached hydrogens (tertiary/aromatic N) is 2. The van der Waals surface area contributed by atoms with Gasteiger partial charge in [-0.2, -0.15) is 5.10 Å². The minimum Gasteiger partial charge on any atom is -0.380 e. The summed E-state index contributed by atoms with van der Waals surface area (Å²) in [5, 5.41) is 8.62. The van der Waals surface area contributed by atoms with Crippen LogP contribution in [-0.4, -0.2) is 15.8 Å². The van der Waals surface area contributed by atoms with E-state index in [4.69, 9.17) is 11.6 Å². The lowest BCUT2D eigenvalue weighted by Gasteiger charge is -2.36. The Hall–Kier alpha value is -1.48. The molecule has 3 rings (SSSR count). The van der Waals surface area contributed by atoms with Gasteiger partial charge in [-0.05, 0) is 43.4 Å². The zero-order valence-electron chi connectivity index (χ0n) is 11.0. The number of hydrogen-bond acceptors (Lipinski definition) is 2. The van der Waals surface area contributed by atoms with Gasteiger partial charge in [0.05, 0.1) is 11.9 Å². The van der Waals surface area contributed by atoms with Gasteiger partial charge in [0.25, 0.3) is 0 Å². The number of rotatable bonds is 4. The molecule has 1 aromatic heterocycles. The minimum absolute atomic E-state index is 0.565. The molecule has 1 aliphatic carbocycles. The van der Waals surface area contributed by atoms with Gasteiger partial charge in [-0.1, -0.05) is 23.7 Å². The first-order valence-electron chi connectivity index (χ1n) is 6.79. The van der Waals surface area contributed by atoms with Crippen LogP contribution in [-0.2, 0) is 6.54 Å². The van der Waals surface area contributed by atoms with E-state index in [1.165, 1.54) is 18.4 Å². The van der Waals surface area contributed by atoms with Gasteiger partial charge >= 0.3 is 0 Å². The van der Waals surface area contributed by atoms with E-state index in [2.05, 4.69) is 35.7 Å². The summed E-state index contributed by atoms with van der Waals surface area (Å²) >= 11 is 5.91. The summed E-state index contributed by atoms with van der Waals surface area (Å²) in [5.74, 6) is 0.663. The zero-order valence-corrected chi connectivity index (χ0v) is 11.8. The van der Waals surface area contributed by atoms with Gasteiger partial charge in [-0.15, -0.1) is 0 Å². The summed E-state index contributed by atoms with van der Waals surface area (Å²) in [6.45, 7) is 3.01. The molecule has 3 nitrogen and oxygen atoms in total.